The Hall–Kier alpha value is -3.14. The van der Waals surface area contributed by atoms with Crippen LogP contribution in [0.15, 0.2) is 71.8 Å². The van der Waals surface area contributed by atoms with Gasteiger partial charge in [-0.25, -0.2) is 9.59 Å². The molecular weight excluding hydrogens is 400 g/mol. The van der Waals surface area contributed by atoms with Crippen molar-refractivity contribution in [3.8, 4) is 0 Å². The fraction of sp³-hybridized carbons (Fsp3) is 0.357. The zero-order valence-electron chi connectivity index (χ0n) is 19.4. The Morgan fingerprint density at radius 3 is 1.81 bits per heavy atom. The number of allylic oxidation sites excluding steroid dienone is 2. The molecule has 1 aliphatic carbocycles. The monoisotopic (exact) mass is 432 g/mol. The first-order valence-corrected chi connectivity index (χ1v) is 11.4. The van der Waals surface area contributed by atoms with Gasteiger partial charge in [0.15, 0.2) is 0 Å². The summed E-state index contributed by atoms with van der Waals surface area (Å²) in [5.74, 6) is -0.413. The van der Waals surface area contributed by atoms with Crippen molar-refractivity contribution in [3.63, 3.8) is 0 Å². The minimum absolute atomic E-state index is 0.129. The number of benzene rings is 2. The number of rotatable bonds is 8. The van der Waals surface area contributed by atoms with E-state index in [1.54, 1.807) is 0 Å². The van der Waals surface area contributed by atoms with Crippen LogP contribution in [0.1, 0.15) is 51.7 Å². The van der Waals surface area contributed by atoms with Crippen LogP contribution < -0.4 is 0 Å². The van der Waals surface area contributed by atoms with E-state index in [9.17, 15) is 9.59 Å². The van der Waals surface area contributed by atoms with Crippen LogP contribution in [-0.4, -0.2) is 25.2 Å². The molecule has 0 saturated carbocycles. The van der Waals surface area contributed by atoms with Crippen molar-refractivity contribution in [1.29, 1.82) is 0 Å². The van der Waals surface area contributed by atoms with Gasteiger partial charge in [0.2, 0.25) is 0 Å². The summed E-state index contributed by atoms with van der Waals surface area (Å²) in [7, 11) is 0. The van der Waals surface area contributed by atoms with Gasteiger partial charge in [-0.05, 0) is 49.7 Å². The predicted octanol–water partition coefficient (Wildman–Crippen LogP) is 6.09. The topological polar surface area (TPSA) is 52.6 Å². The molecule has 2 aromatic rings. The largest absolute Gasteiger partial charge is 0.463 e. The van der Waals surface area contributed by atoms with Crippen LogP contribution in [-0.2, 0) is 19.1 Å². The summed E-state index contributed by atoms with van der Waals surface area (Å²) in [6.45, 7) is 8.49. The molecular formula is C28H32O4. The van der Waals surface area contributed by atoms with Crippen molar-refractivity contribution >= 4 is 23.1 Å². The number of carbonyl (C=O) groups is 2. The van der Waals surface area contributed by atoms with Crippen LogP contribution in [0.3, 0.4) is 0 Å². The minimum Gasteiger partial charge on any atom is -0.463 e. The number of esters is 2. The molecule has 1 unspecified atom stereocenters. The lowest BCUT2D eigenvalue weighted by atomic mass is 9.72. The standard InChI is InChI=1S/C28H32O4/c1-5-31-27(29)23-18-22(17-19(3)4)26(28(30)32-6-2)25(21-15-11-8-12-16-21)24(23)20-13-9-7-10-14-20/h7-16,19,22H,5-6,17-18H2,1-4H3. The van der Waals surface area contributed by atoms with Crippen LogP contribution in [0.5, 0.6) is 0 Å². The minimum atomic E-state index is -0.323. The molecule has 0 aliphatic heterocycles. The summed E-state index contributed by atoms with van der Waals surface area (Å²) >= 11 is 0. The lowest BCUT2D eigenvalue weighted by molar-refractivity contribution is -0.140. The molecule has 0 N–H and O–H groups in total. The van der Waals surface area contributed by atoms with Gasteiger partial charge in [0.05, 0.1) is 13.2 Å². The Morgan fingerprint density at radius 2 is 1.31 bits per heavy atom. The Labute approximate surface area is 190 Å². The van der Waals surface area contributed by atoms with Crippen molar-refractivity contribution in [2.24, 2.45) is 11.8 Å². The lowest BCUT2D eigenvalue weighted by Gasteiger charge is -2.32. The van der Waals surface area contributed by atoms with Gasteiger partial charge in [0, 0.05) is 22.3 Å². The maximum atomic E-state index is 13.3. The smallest absolute Gasteiger partial charge is 0.334 e. The zero-order valence-corrected chi connectivity index (χ0v) is 19.4. The first kappa shape index (κ1) is 23.5. The highest BCUT2D eigenvalue weighted by Crippen LogP contribution is 2.47. The first-order valence-electron chi connectivity index (χ1n) is 11.4. The number of ether oxygens (including phenoxy) is 2. The van der Waals surface area contributed by atoms with Crippen LogP contribution in [0.4, 0.5) is 0 Å². The second-order valence-corrected chi connectivity index (χ2v) is 8.35. The maximum Gasteiger partial charge on any atom is 0.334 e. The van der Waals surface area contributed by atoms with Gasteiger partial charge < -0.3 is 9.47 Å². The first-order chi connectivity index (χ1) is 15.5. The molecule has 4 nitrogen and oxygen atoms in total. The maximum absolute atomic E-state index is 13.3. The summed E-state index contributed by atoms with van der Waals surface area (Å²) < 4.78 is 11.0. The molecule has 0 fully saturated rings. The van der Waals surface area contributed by atoms with E-state index in [1.807, 2.05) is 74.5 Å². The number of carbonyl (C=O) groups excluding carboxylic acids is 2. The second-order valence-electron chi connectivity index (χ2n) is 8.35. The third-order valence-corrected chi connectivity index (χ3v) is 5.58. The van der Waals surface area contributed by atoms with E-state index in [-0.39, 0.29) is 17.9 Å². The molecule has 2 aromatic carbocycles. The molecule has 0 aromatic heterocycles. The quantitative estimate of drug-likeness (QED) is 0.474. The fourth-order valence-electron chi connectivity index (χ4n) is 4.42. The molecule has 0 amide bonds. The highest BCUT2D eigenvalue weighted by Gasteiger charge is 2.37. The molecule has 0 radical (unpaired) electrons. The molecule has 4 heteroatoms. The van der Waals surface area contributed by atoms with E-state index in [1.165, 1.54) is 0 Å². The van der Waals surface area contributed by atoms with Crippen LogP contribution in [0.25, 0.3) is 11.1 Å². The van der Waals surface area contributed by atoms with E-state index >= 15 is 0 Å². The third-order valence-electron chi connectivity index (χ3n) is 5.58. The Bertz CT molecular complexity index is 1000. The average molecular weight is 433 g/mol. The van der Waals surface area contributed by atoms with Gasteiger partial charge >= 0.3 is 11.9 Å². The average Bonchev–Trinajstić information content (AvgIpc) is 2.79. The normalized spacial score (nSPS) is 16.3. The van der Waals surface area contributed by atoms with E-state index < -0.39 is 0 Å². The van der Waals surface area contributed by atoms with E-state index in [0.29, 0.717) is 36.7 Å². The second kappa shape index (κ2) is 10.9. The van der Waals surface area contributed by atoms with Gasteiger partial charge in [0.1, 0.15) is 0 Å². The highest BCUT2D eigenvalue weighted by atomic mass is 16.5. The molecule has 32 heavy (non-hydrogen) atoms. The van der Waals surface area contributed by atoms with Crippen LogP contribution in [0.2, 0.25) is 0 Å². The molecule has 0 saturated heterocycles. The lowest BCUT2D eigenvalue weighted by Crippen LogP contribution is -2.26. The molecule has 1 atom stereocenters. The Balaban J connectivity index is 2.38. The number of hydrogen-bond donors (Lipinski definition) is 0. The summed E-state index contributed by atoms with van der Waals surface area (Å²) in [6, 6.07) is 19.6. The Kier molecular flexibility index (Phi) is 8.04. The molecule has 0 bridgehead atoms. The van der Waals surface area contributed by atoms with Crippen molar-refractivity contribution < 1.29 is 19.1 Å². The van der Waals surface area contributed by atoms with Gasteiger partial charge in [0.25, 0.3) is 0 Å². The van der Waals surface area contributed by atoms with E-state index in [0.717, 1.165) is 28.7 Å². The summed E-state index contributed by atoms with van der Waals surface area (Å²) in [6.07, 6.45) is 1.22. The Morgan fingerprint density at radius 1 is 0.812 bits per heavy atom. The highest BCUT2D eigenvalue weighted by molar-refractivity contribution is 6.20. The number of hydrogen-bond acceptors (Lipinski definition) is 4. The van der Waals surface area contributed by atoms with Crippen molar-refractivity contribution in [3.05, 3.63) is 82.9 Å². The van der Waals surface area contributed by atoms with Gasteiger partial charge in [-0.3, -0.25) is 0 Å². The molecule has 0 spiro atoms. The van der Waals surface area contributed by atoms with Gasteiger partial charge in [-0.1, -0.05) is 74.5 Å². The zero-order chi connectivity index (χ0) is 23.1. The SMILES string of the molecule is CCOC(=O)C1=C(c2ccccc2)C(c2ccccc2)=C(C(=O)OCC)C(CC(C)C)C1. The van der Waals surface area contributed by atoms with E-state index in [2.05, 4.69) is 13.8 Å². The van der Waals surface area contributed by atoms with Crippen molar-refractivity contribution in [2.75, 3.05) is 13.2 Å². The summed E-state index contributed by atoms with van der Waals surface area (Å²) in [5.41, 5.74) is 4.59. The van der Waals surface area contributed by atoms with Crippen molar-refractivity contribution in [2.45, 2.75) is 40.5 Å². The van der Waals surface area contributed by atoms with Gasteiger partial charge in [-0.15, -0.1) is 0 Å². The summed E-state index contributed by atoms with van der Waals surface area (Å²) in [4.78, 5) is 26.5. The molecule has 1 aliphatic rings. The third kappa shape index (κ3) is 5.18. The molecule has 0 heterocycles. The molecule has 3 rings (SSSR count). The van der Waals surface area contributed by atoms with Crippen LogP contribution in [0, 0.1) is 11.8 Å². The summed E-state index contributed by atoms with van der Waals surface area (Å²) in [5, 5.41) is 0. The predicted molar refractivity (Wildman–Crippen MR) is 128 cm³/mol. The van der Waals surface area contributed by atoms with Crippen molar-refractivity contribution in [1.82, 2.24) is 0 Å². The molecule has 168 valence electrons. The van der Waals surface area contributed by atoms with Crippen LogP contribution >= 0.6 is 0 Å². The fourth-order valence-corrected chi connectivity index (χ4v) is 4.42. The van der Waals surface area contributed by atoms with E-state index in [4.69, 9.17) is 9.47 Å². The van der Waals surface area contributed by atoms with Gasteiger partial charge in [-0.2, -0.15) is 0 Å².